The number of carbonyl (C=O) groups is 2. The van der Waals surface area contributed by atoms with Crippen molar-refractivity contribution in [2.24, 2.45) is 7.05 Å². The summed E-state index contributed by atoms with van der Waals surface area (Å²) in [6.45, 7) is 0.281. The SMILES string of the molecule is Cn1c(C(=O)NCc2cccc(C(=O)NC3CC3)c2)c[nH]c1=O. The van der Waals surface area contributed by atoms with Gasteiger partial charge in [-0.1, -0.05) is 12.1 Å². The van der Waals surface area contributed by atoms with Crippen LogP contribution in [0, 0.1) is 0 Å². The molecule has 0 spiro atoms. The van der Waals surface area contributed by atoms with Crippen LogP contribution in [0.3, 0.4) is 0 Å². The number of amides is 2. The monoisotopic (exact) mass is 314 g/mol. The first kappa shape index (κ1) is 15.1. The van der Waals surface area contributed by atoms with Gasteiger partial charge in [0.2, 0.25) is 0 Å². The van der Waals surface area contributed by atoms with Crippen LogP contribution in [-0.2, 0) is 13.6 Å². The van der Waals surface area contributed by atoms with Gasteiger partial charge in [0.25, 0.3) is 11.8 Å². The average Bonchev–Trinajstić information content (AvgIpc) is 3.30. The maximum Gasteiger partial charge on any atom is 0.325 e. The molecule has 2 amide bonds. The lowest BCUT2D eigenvalue weighted by molar-refractivity contribution is 0.0939. The molecule has 2 aromatic rings. The van der Waals surface area contributed by atoms with Gasteiger partial charge in [-0.25, -0.2) is 4.79 Å². The van der Waals surface area contributed by atoms with Gasteiger partial charge in [-0.05, 0) is 30.5 Å². The predicted octanol–water partition coefficient (Wildman–Crippen LogP) is 0.536. The Bertz CT molecular complexity index is 802. The third kappa shape index (κ3) is 3.50. The maximum atomic E-state index is 12.1. The molecule has 23 heavy (non-hydrogen) atoms. The Morgan fingerprint density at radius 3 is 2.74 bits per heavy atom. The molecule has 7 nitrogen and oxygen atoms in total. The molecule has 1 aliphatic carbocycles. The van der Waals surface area contributed by atoms with Gasteiger partial charge in [-0.15, -0.1) is 0 Å². The van der Waals surface area contributed by atoms with Crippen molar-refractivity contribution >= 4 is 11.8 Å². The van der Waals surface area contributed by atoms with Crippen LogP contribution in [0.15, 0.2) is 35.3 Å². The van der Waals surface area contributed by atoms with Gasteiger partial charge in [0.05, 0.1) is 0 Å². The zero-order chi connectivity index (χ0) is 16.4. The van der Waals surface area contributed by atoms with E-state index in [-0.39, 0.29) is 29.7 Å². The fourth-order valence-corrected chi connectivity index (χ4v) is 2.24. The molecular formula is C16H18N4O3. The Balaban J connectivity index is 1.63. The standard InChI is InChI=1S/C16H18N4O3/c1-20-13(9-18-16(20)23)15(22)17-8-10-3-2-4-11(7-10)14(21)19-12-5-6-12/h2-4,7,9,12H,5-6,8H2,1H3,(H,17,22)(H,18,23)(H,19,21). The minimum absolute atomic E-state index is 0.0892. The minimum Gasteiger partial charge on any atom is -0.349 e. The second-order valence-corrected chi connectivity index (χ2v) is 5.67. The lowest BCUT2D eigenvalue weighted by Gasteiger charge is -2.08. The summed E-state index contributed by atoms with van der Waals surface area (Å²) >= 11 is 0. The molecule has 0 saturated heterocycles. The molecule has 1 fully saturated rings. The van der Waals surface area contributed by atoms with Crippen LogP contribution in [0.5, 0.6) is 0 Å². The number of nitrogens with one attached hydrogen (secondary N) is 3. The molecule has 7 heteroatoms. The molecule has 3 rings (SSSR count). The highest BCUT2D eigenvalue weighted by atomic mass is 16.2. The Hall–Kier alpha value is -2.83. The summed E-state index contributed by atoms with van der Waals surface area (Å²) in [5, 5.41) is 5.67. The van der Waals surface area contributed by atoms with E-state index in [9.17, 15) is 14.4 Å². The maximum absolute atomic E-state index is 12.1. The number of hydrogen-bond donors (Lipinski definition) is 3. The highest BCUT2D eigenvalue weighted by Crippen LogP contribution is 2.19. The number of nitrogens with zero attached hydrogens (tertiary/aromatic N) is 1. The van der Waals surface area contributed by atoms with Gasteiger partial charge >= 0.3 is 5.69 Å². The van der Waals surface area contributed by atoms with Crippen LogP contribution >= 0.6 is 0 Å². The summed E-state index contributed by atoms with van der Waals surface area (Å²) in [4.78, 5) is 37.8. The second-order valence-electron chi connectivity index (χ2n) is 5.67. The van der Waals surface area contributed by atoms with Gasteiger partial charge in [-0.2, -0.15) is 0 Å². The van der Waals surface area contributed by atoms with Crippen molar-refractivity contribution in [3.05, 3.63) is 57.8 Å². The van der Waals surface area contributed by atoms with Crippen LogP contribution in [0.4, 0.5) is 0 Å². The molecule has 1 aromatic heterocycles. The number of hydrogen-bond acceptors (Lipinski definition) is 3. The van der Waals surface area contributed by atoms with Gasteiger partial charge in [-0.3, -0.25) is 14.2 Å². The number of aromatic amines is 1. The molecule has 0 aliphatic heterocycles. The summed E-state index contributed by atoms with van der Waals surface area (Å²) < 4.78 is 1.24. The molecule has 3 N–H and O–H groups in total. The van der Waals surface area contributed by atoms with E-state index in [1.54, 1.807) is 18.2 Å². The first-order valence-electron chi connectivity index (χ1n) is 7.47. The number of aromatic nitrogens is 2. The summed E-state index contributed by atoms with van der Waals surface area (Å²) in [6.07, 6.45) is 3.45. The molecule has 0 atom stereocenters. The molecule has 1 aliphatic rings. The van der Waals surface area contributed by atoms with Crippen molar-refractivity contribution in [3.63, 3.8) is 0 Å². The molecule has 1 heterocycles. The Morgan fingerprint density at radius 1 is 1.30 bits per heavy atom. The van der Waals surface area contributed by atoms with Gasteiger partial charge in [0.15, 0.2) is 0 Å². The van der Waals surface area contributed by atoms with Crippen molar-refractivity contribution < 1.29 is 9.59 Å². The largest absolute Gasteiger partial charge is 0.349 e. The van der Waals surface area contributed by atoms with Crippen LogP contribution in [-0.4, -0.2) is 27.4 Å². The normalized spacial score (nSPS) is 13.6. The zero-order valence-corrected chi connectivity index (χ0v) is 12.8. The Labute approximate surface area is 132 Å². The van der Waals surface area contributed by atoms with Crippen molar-refractivity contribution in [1.29, 1.82) is 0 Å². The van der Waals surface area contributed by atoms with E-state index in [0.717, 1.165) is 18.4 Å². The quantitative estimate of drug-likeness (QED) is 0.751. The average molecular weight is 314 g/mol. The molecule has 0 bridgehead atoms. The van der Waals surface area contributed by atoms with Crippen molar-refractivity contribution in [2.45, 2.75) is 25.4 Å². The van der Waals surface area contributed by atoms with Crippen molar-refractivity contribution in [3.8, 4) is 0 Å². The second kappa shape index (κ2) is 6.12. The van der Waals surface area contributed by atoms with E-state index in [2.05, 4.69) is 15.6 Å². The number of benzene rings is 1. The van der Waals surface area contributed by atoms with Crippen LogP contribution in [0.2, 0.25) is 0 Å². The number of rotatable bonds is 5. The highest BCUT2D eigenvalue weighted by molar-refractivity contribution is 5.95. The third-order valence-electron chi connectivity index (χ3n) is 3.79. The zero-order valence-electron chi connectivity index (χ0n) is 12.8. The predicted molar refractivity (Wildman–Crippen MR) is 84.1 cm³/mol. The van der Waals surface area contributed by atoms with Crippen LogP contribution in [0.25, 0.3) is 0 Å². The lowest BCUT2D eigenvalue weighted by Crippen LogP contribution is -2.28. The molecular weight excluding hydrogens is 296 g/mol. The molecule has 0 unspecified atom stereocenters. The third-order valence-corrected chi connectivity index (χ3v) is 3.79. The smallest absolute Gasteiger partial charge is 0.325 e. The number of carbonyl (C=O) groups excluding carboxylic acids is 2. The van der Waals surface area contributed by atoms with E-state index < -0.39 is 0 Å². The van der Waals surface area contributed by atoms with Crippen LogP contribution in [0.1, 0.15) is 39.3 Å². The molecule has 1 saturated carbocycles. The number of imidazole rings is 1. The van der Waals surface area contributed by atoms with Crippen molar-refractivity contribution in [1.82, 2.24) is 20.2 Å². The molecule has 1 aromatic carbocycles. The molecule has 0 radical (unpaired) electrons. The summed E-state index contributed by atoms with van der Waals surface area (Å²) in [7, 11) is 1.52. The lowest BCUT2D eigenvalue weighted by atomic mass is 10.1. The van der Waals surface area contributed by atoms with Crippen LogP contribution < -0.4 is 16.3 Å². The van der Waals surface area contributed by atoms with E-state index in [4.69, 9.17) is 0 Å². The van der Waals surface area contributed by atoms with Gasteiger partial charge in [0, 0.05) is 31.4 Å². The number of H-pyrrole nitrogens is 1. The van der Waals surface area contributed by atoms with E-state index in [1.165, 1.54) is 17.8 Å². The summed E-state index contributed by atoms with van der Waals surface area (Å²) in [6, 6.07) is 7.44. The fourth-order valence-electron chi connectivity index (χ4n) is 2.24. The van der Waals surface area contributed by atoms with Gasteiger partial charge < -0.3 is 15.6 Å². The summed E-state index contributed by atoms with van der Waals surface area (Å²) in [5.74, 6) is -0.438. The summed E-state index contributed by atoms with van der Waals surface area (Å²) in [5.41, 5.74) is 1.33. The first-order chi connectivity index (χ1) is 11.0. The molecule has 120 valence electrons. The van der Waals surface area contributed by atoms with E-state index in [0.29, 0.717) is 11.6 Å². The minimum atomic E-state index is -0.348. The van der Waals surface area contributed by atoms with E-state index >= 15 is 0 Å². The van der Waals surface area contributed by atoms with Gasteiger partial charge in [0.1, 0.15) is 5.69 Å². The van der Waals surface area contributed by atoms with E-state index in [1.807, 2.05) is 6.07 Å². The first-order valence-corrected chi connectivity index (χ1v) is 7.47. The van der Waals surface area contributed by atoms with Crippen molar-refractivity contribution in [2.75, 3.05) is 0 Å². The Kier molecular flexibility index (Phi) is 4.01. The fraction of sp³-hybridized carbons (Fsp3) is 0.312. The highest BCUT2D eigenvalue weighted by Gasteiger charge is 2.23. The Morgan fingerprint density at radius 2 is 2.09 bits per heavy atom. The topological polar surface area (TPSA) is 96.0 Å².